The maximum Gasteiger partial charge on any atom is 0.335 e. The minimum Gasteiger partial charge on any atom is -0.497 e. The van der Waals surface area contributed by atoms with Crippen molar-refractivity contribution in [3.8, 4) is 16.9 Å². The molecule has 0 saturated carbocycles. The molecule has 2 aromatic rings. The van der Waals surface area contributed by atoms with Crippen LogP contribution in [0.2, 0.25) is 0 Å². The van der Waals surface area contributed by atoms with Crippen molar-refractivity contribution in [1.82, 2.24) is 0 Å². The van der Waals surface area contributed by atoms with Crippen LogP contribution in [-0.2, 0) is 0 Å². The van der Waals surface area contributed by atoms with Crippen LogP contribution in [0.4, 0.5) is 4.39 Å². The lowest BCUT2D eigenvalue weighted by molar-refractivity contribution is 0.0697. The Bertz CT molecular complexity index is 635. The smallest absolute Gasteiger partial charge is 0.335 e. The fourth-order valence-electron chi connectivity index (χ4n) is 1.89. The summed E-state index contributed by atoms with van der Waals surface area (Å²) < 4.78 is 19.0. The van der Waals surface area contributed by atoms with Crippen molar-refractivity contribution < 1.29 is 19.0 Å². The van der Waals surface area contributed by atoms with Gasteiger partial charge in [0.05, 0.1) is 12.7 Å². The van der Waals surface area contributed by atoms with Crippen molar-refractivity contribution in [2.45, 2.75) is 6.92 Å². The number of carbonyl (C=O) groups is 1. The molecule has 0 aliphatic rings. The fraction of sp³-hybridized carbons (Fsp3) is 0.133. The largest absolute Gasteiger partial charge is 0.497 e. The first kappa shape index (κ1) is 13.1. The second-order valence-corrected chi connectivity index (χ2v) is 4.18. The molecule has 0 atom stereocenters. The van der Waals surface area contributed by atoms with E-state index in [1.807, 2.05) is 6.92 Å². The second kappa shape index (κ2) is 5.10. The third-order valence-corrected chi connectivity index (χ3v) is 2.95. The number of hydrogen-bond donors (Lipinski definition) is 1. The van der Waals surface area contributed by atoms with Gasteiger partial charge in [-0.2, -0.15) is 0 Å². The molecule has 0 aromatic heterocycles. The summed E-state index contributed by atoms with van der Waals surface area (Å²) in [5.41, 5.74) is 1.88. The van der Waals surface area contributed by atoms with E-state index in [0.717, 1.165) is 5.56 Å². The van der Waals surface area contributed by atoms with Gasteiger partial charge in [-0.25, -0.2) is 9.18 Å². The van der Waals surface area contributed by atoms with Crippen molar-refractivity contribution in [3.05, 3.63) is 53.3 Å². The van der Waals surface area contributed by atoms with E-state index >= 15 is 0 Å². The lowest BCUT2D eigenvalue weighted by atomic mass is 9.97. The molecule has 2 aromatic carbocycles. The van der Waals surface area contributed by atoms with E-state index in [-0.39, 0.29) is 5.56 Å². The summed E-state index contributed by atoms with van der Waals surface area (Å²) in [6.45, 7) is 1.81. The molecule has 0 bridgehead atoms. The summed E-state index contributed by atoms with van der Waals surface area (Å²) in [5, 5.41) is 8.98. The van der Waals surface area contributed by atoms with Gasteiger partial charge in [-0.05, 0) is 42.3 Å². The van der Waals surface area contributed by atoms with Crippen molar-refractivity contribution in [1.29, 1.82) is 0 Å². The Morgan fingerprint density at radius 2 is 1.89 bits per heavy atom. The zero-order chi connectivity index (χ0) is 14.0. The SMILES string of the molecule is COc1ccc(-c2cc(C(=O)O)ccc2C)c(F)c1. The molecule has 0 spiro atoms. The number of aromatic carboxylic acids is 1. The average Bonchev–Trinajstić information content (AvgIpc) is 2.39. The molecule has 0 saturated heterocycles. The Kier molecular flexibility index (Phi) is 3.51. The lowest BCUT2D eigenvalue weighted by Crippen LogP contribution is -1.98. The highest BCUT2D eigenvalue weighted by atomic mass is 19.1. The van der Waals surface area contributed by atoms with Crippen LogP contribution in [0.15, 0.2) is 36.4 Å². The zero-order valence-electron chi connectivity index (χ0n) is 10.6. The number of aryl methyl sites for hydroxylation is 1. The zero-order valence-corrected chi connectivity index (χ0v) is 10.6. The molecule has 0 heterocycles. The summed E-state index contributed by atoms with van der Waals surface area (Å²) in [4.78, 5) is 11.0. The Morgan fingerprint density at radius 1 is 1.16 bits per heavy atom. The molecule has 4 heteroatoms. The third kappa shape index (κ3) is 2.57. The molecule has 0 aliphatic carbocycles. The number of carboxylic acids is 1. The van der Waals surface area contributed by atoms with Crippen LogP contribution >= 0.6 is 0 Å². The second-order valence-electron chi connectivity index (χ2n) is 4.18. The predicted molar refractivity (Wildman–Crippen MR) is 70.1 cm³/mol. The van der Waals surface area contributed by atoms with Gasteiger partial charge < -0.3 is 9.84 Å². The first-order chi connectivity index (χ1) is 9.02. The van der Waals surface area contributed by atoms with Gasteiger partial charge in [-0.3, -0.25) is 0 Å². The highest BCUT2D eigenvalue weighted by Gasteiger charge is 2.12. The number of benzene rings is 2. The molecule has 0 amide bonds. The van der Waals surface area contributed by atoms with Crippen LogP contribution < -0.4 is 4.74 Å². The minimum absolute atomic E-state index is 0.135. The standard InChI is InChI=1S/C15H13FO3/c1-9-3-4-10(15(17)18)7-13(9)12-6-5-11(19-2)8-14(12)16/h3-8H,1-2H3,(H,17,18). The number of ether oxygens (including phenoxy) is 1. The molecule has 2 rings (SSSR count). The van der Waals surface area contributed by atoms with Gasteiger partial charge in [-0.15, -0.1) is 0 Å². The molecular formula is C15H13FO3. The maximum absolute atomic E-state index is 14.0. The summed E-state index contributed by atoms with van der Waals surface area (Å²) >= 11 is 0. The van der Waals surface area contributed by atoms with Crippen LogP contribution in [0.1, 0.15) is 15.9 Å². The highest BCUT2D eigenvalue weighted by molar-refractivity contribution is 5.90. The predicted octanol–water partition coefficient (Wildman–Crippen LogP) is 3.51. The number of carboxylic acid groups (broad SMARTS) is 1. The van der Waals surface area contributed by atoms with Crippen molar-refractivity contribution in [2.75, 3.05) is 7.11 Å². The molecule has 1 N–H and O–H groups in total. The number of hydrogen-bond acceptors (Lipinski definition) is 2. The van der Waals surface area contributed by atoms with E-state index in [4.69, 9.17) is 9.84 Å². The quantitative estimate of drug-likeness (QED) is 0.918. The topological polar surface area (TPSA) is 46.5 Å². The molecule has 19 heavy (non-hydrogen) atoms. The van der Waals surface area contributed by atoms with Crippen LogP contribution in [0.3, 0.4) is 0 Å². The molecule has 0 aliphatic heterocycles. The van der Waals surface area contributed by atoms with E-state index in [9.17, 15) is 9.18 Å². The minimum atomic E-state index is -1.03. The summed E-state index contributed by atoms with van der Waals surface area (Å²) in [6, 6.07) is 9.16. The number of rotatable bonds is 3. The van der Waals surface area contributed by atoms with Gasteiger partial charge in [0, 0.05) is 11.6 Å². The van der Waals surface area contributed by atoms with E-state index in [0.29, 0.717) is 16.9 Å². The number of methoxy groups -OCH3 is 1. The molecule has 3 nitrogen and oxygen atoms in total. The average molecular weight is 260 g/mol. The Balaban J connectivity index is 2.58. The maximum atomic E-state index is 14.0. The normalized spacial score (nSPS) is 10.3. The van der Waals surface area contributed by atoms with E-state index in [1.54, 1.807) is 18.2 Å². The highest BCUT2D eigenvalue weighted by Crippen LogP contribution is 2.29. The molecule has 0 radical (unpaired) electrons. The summed E-state index contributed by atoms with van der Waals surface area (Å²) in [5.74, 6) is -1.05. The van der Waals surface area contributed by atoms with E-state index in [2.05, 4.69) is 0 Å². The van der Waals surface area contributed by atoms with Crippen LogP contribution in [0.5, 0.6) is 5.75 Å². The Labute approximate surface area is 110 Å². The van der Waals surface area contributed by atoms with Gasteiger partial charge in [0.2, 0.25) is 0 Å². The monoisotopic (exact) mass is 260 g/mol. The van der Waals surface area contributed by atoms with Crippen molar-refractivity contribution >= 4 is 5.97 Å². The van der Waals surface area contributed by atoms with Gasteiger partial charge in [-0.1, -0.05) is 6.07 Å². The molecule has 0 unspecified atom stereocenters. The van der Waals surface area contributed by atoms with Gasteiger partial charge in [0.15, 0.2) is 0 Å². The first-order valence-electron chi connectivity index (χ1n) is 5.71. The summed E-state index contributed by atoms with van der Waals surface area (Å²) in [6.07, 6.45) is 0. The summed E-state index contributed by atoms with van der Waals surface area (Å²) in [7, 11) is 1.46. The van der Waals surface area contributed by atoms with Crippen LogP contribution in [0.25, 0.3) is 11.1 Å². The number of halogens is 1. The van der Waals surface area contributed by atoms with E-state index < -0.39 is 11.8 Å². The Morgan fingerprint density at radius 3 is 2.47 bits per heavy atom. The van der Waals surface area contributed by atoms with E-state index in [1.165, 1.54) is 25.3 Å². The van der Waals surface area contributed by atoms with Crippen LogP contribution in [-0.4, -0.2) is 18.2 Å². The lowest BCUT2D eigenvalue weighted by Gasteiger charge is -2.09. The molecule has 0 fully saturated rings. The molecule has 98 valence electrons. The fourth-order valence-corrected chi connectivity index (χ4v) is 1.89. The van der Waals surface area contributed by atoms with Gasteiger partial charge in [0.25, 0.3) is 0 Å². The van der Waals surface area contributed by atoms with Crippen molar-refractivity contribution in [3.63, 3.8) is 0 Å². The van der Waals surface area contributed by atoms with Gasteiger partial charge in [0.1, 0.15) is 11.6 Å². The first-order valence-corrected chi connectivity index (χ1v) is 5.71. The van der Waals surface area contributed by atoms with Gasteiger partial charge >= 0.3 is 5.97 Å². The van der Waals surface area contributed by atoms with Crippen molar-refractivity contribution in [2.24, 2.45) is 0 Å². The van der Waals surface area contributed by atoms with Crippen LogP contribution in [0, 0.1) is 12.7 Å². The third-order valence-electron chi connectivity index (χ3n) is 2.95. The Hall–Kier alpha value is -2.36. The molecular weight excluding hydrogens is 247 g/mol.